The highest BCUT2D eigenvalue weighted by molar-refractivity contribution is 6.42. The van der Waals surface area contributed by atoms with Gasteiger partial charge in [-0.15, -0.1) is 0 Å². The summed E-state index contributed by atoms with van der Waals surface area (Å²) in [7, 11) is 3.72. The van der Waals surface area contributed by atoms with Crippen molar-refractivity contribution in [2.75, 3.05) is 29.6 Å². The SMILES string of the molecule is CC(NC(=O)c1cc(NC(=O)Nc2ccc(Cl)c(Cl)c2)ccc1N(C)C)c1ccccc1. The normalized spacial score (nSPS) is 11.4. The minimum atomic E-state index is -0.468. The molecule has 1 atom stereocenters. The Kier molecular flexibility index (Phi) is 7.62. The maximum atomic E-state index is 13.1. The van der Waals surface area contributed by atoms with E-state index < -0.39 is 6.03 Å². The zero-order chi connectivity index (χ0) is 23.3. The van der Waals surface area contributed by atoms with Gasteiger partial charge in [0.2, 0.25) is 0 Å². The summed E-state index contributed by atoms with van der Waals surface area (Å²) in [5.41, 5.74) is 3.16. The van der Waals surface area contributed by atoms with E-state index in [1.807, 2.05) is 56.3 Å². The van der Waals surface area contributed by atoms with Gasteiger partial charge in [-0.3, -0.25) is 4.79 Å². The van der Waals surface area contributed by atoms with E-state index in [0.29, 0.717) is 27.0 Å². The van der Waals surface area contributed by atoms with Gasteiger partial charge in [-0.1, -0.05) is 53.5 Å². The average Bonchev–Trinajstić information content (AvgIpc) is 2.76. The van der Waals surface area contributed by atoms with Crippen LogP contribution in [0.3, 0.4) is 0 Å². The minimum absolute atomic E-state index is 0.173. The Hall–Kier alpha value is -3.22. The molecule has 3 N–H and O–H groups in total. The molecule has 0 aliphatic rings. The van der Waals surface area contributed by atoms with Crippen molar-refractivity contribution in [3.05, 3.63) is 87.9 Å². The van der Waals surface area contributed by atoms with Crippen LogP contribution in [-0.2, 0) is 0 Å². The number of nitrogens with one attached hydrogen (secondary N) is 3. The first-order valence-corrected chi connectivity index (χ1v) is 10.7. The highest BCUT2D eigenvalue weighted by atomic mass is 35.5. The zero-order valence-corrected chi connectivity index (χ0v) is 19.5. The third kappa shape index (κ3) is 5.93. The summed E-state index contributed by atoms with van der Waals surface area (Å²) in [5.74, 6) is -0.237. The molecule has 3 aromatic rings. The van der Waals surface area contributed by atoms with Gasteiger partial charge in [0, 0.05) is 31.2 Å². The van der Waals surface area contributed by atoms with Gasteiger partial charge in [0.25, 0.3) is 5.91 Å². The van der Waals surface area contributed by atoms with Crippen molar-refractivity contribution in [1.82, 2.24) is 5.32 Å². The van der Waals surface area contributed by atoms with E-state index in [2.05, 4.69) is 16.0 Å². The Bertz CT molecular complexity index is 1120. The molecule has 6 nitrogen and oxygen atoms in total. The van der Waals surface area contributed by atoms with Gasteiger partial charge in [-0.25, -0.2) is 4.79 Å². The van der Waals surface area contributed by atoms with Gasteiger partial charge in [0.05, 0.1) is 21.7 Å². The second-order valence-electron chi connectivity index (χ2n) is 7.44. The largest absolute Gasteiger partial charge is 0.377 e. The van der Waals surface area contributed by atoms with Gasteiger partial charge >= 0.3 is 6.03 Å². The summed E-state index contributed by atoms with van der Waals surface area (Å²) >= 11 is 11.9. The van der Waals surface area contributed by atoms with Crippen molar-refractivity contribution in [3.8, 4) is 0 Å². The van der Waals surface area contributed by atoms with Crippen molar-refractivity contribution in [3.63, 3.8) is 0 Å². The van der Waals surface area contributed by atoms with Crippen molar-refractivity contribution in [2.24, 2.45) is 0 Å². The van der Waals surface area contributed by atoms with Crippen LogP contribution in [0.2, 0.25) is 10.0 Å². The number of hydrogen-bond acceptors (Lipinski definition) is 3. The monoisotopic (exact) mass is 470 g/mol. The molecule has 3 aromatic carbocycles. The summed E-state index contributed by atoms with van der Waals surface area (Å²) in [6.45, 7) is 1.93. The maximum Gasteiger partial charge on any atom is 0.323 e. The van der Waals surface area contributed by atoms with Crippen LogP contribution in [0, 0.1) is 0 Å². The fourth-order valence-electron chi connectivity index (χ4n) is 3.15. The Balaban J connectivity index is 1.76. The van der Waals surface area contributed by atoms with E-state index in [9.17, 15) is 9.59 Å². The fraction of sp³-hybridized carbons (Fsp3) is 0.167. The first kappa shape index (κ1) is 23.4. The van der Waals surface area contributed by atoms with Gasteiger partial charge < -0.3 is 20.9 Å². The summed E-state index contributed by atoms with van der Waals surface area (Å²) in [5, 5.41) is 9.20. The summed E-state index contributed by atoms with van der Waals surface area (Å²) in [6, 6.07) is 19.1. The van der Waals surface area contributed by atoms with Gasteiger partial charge in [0.1, 0.15) is 0 Å². The molecule has 166 valence electrons. The quantitative estimate of drug-likeness (QED) is 0.401. The number of halogens is 2. The number of rotatable bonds is 6. The van der Waals surface area contributed by atoms with Crippen LogP contribution in [0.5, 0.6) is 0 Å². The average molecular weight is 471 g/mol. The van der Waals surface area contributed by atoms with E-state index in [1.165, 1.54) is 0 Å². The fourth-order valence-corrected chi connectivity index (χ4v) is 3.45. The highest BCUT2D eigenvalue weighted by Gasteiger charge is 2.17. The Morgan fingerprint density at radius 2 is 1.47 bits per heavy atom. The number of hydrogen-bond donors (Lipinski definition) is 3. The van der Waals surface area contributed by atoms with E-state index in [1.54, 1.807) is 36.4 Å². The van der Waals surface area contributed by atoms with Crippen molar-refractivity contribution >= 4 is 52.2 Å². The zero-order valence-electron chi connectivity index (χ0n) is 17.9. The number of urea groups is 1. The summed E-state index contributed by atoms with van der Waals surface area (Å²) in [6.07, 6.45) is 0. The topological polar surface area (TPSA) is 73.5 Å². The number of nitrogens with zero attached hydrogens (tertiary/aromatic N) is 1. The molecule has 32 heavy (non-hydrogen) atoms. The molecular formula is C24H24Cl2N4O2. The summed E-state index contributed by atoms with van der Waals surface area (Å²) in [4.78, 5) is 27.3. The Labute approximate surface area is 197 Å². The molecule has 1 unspecified atom stereocenters. The number of anilines is 3. The Morgan fingerprint density at radius 1 is 0.844 bits per heavy atom. The third-order valence-electron chi connectivity index (χ3n) is 4.81. The van der Waals surface area contributed by atoms with Crippen molar-refractivity contribution in [1.29, 1.82) is 0 Å². The molecule has 0 aliphatic carbocycles. The Morgan fingerprint density at radius 3 is 2.09 bits per heavy atom. The first-order valence-electron chi connectivity index (χ1n) is 9.95. The number of carbonyl (C=O) groups excluding carboxylic acids is 2. The lowest BCUT2D eigenvalue weighted by atomic mass is 10.1. The lowest BCUT2D eigenvalue weighted by Crippen LogP contribution is -2.28. The van der Waals surface area contributed by atoms with E-state index in [0.717, 1.165) is 11.3 Å². The van der Waals surface area contributed by atoms with Crippen LogP contribution in [0.15, 0.2) is 66.7 Å². The molecule has 0 spiro atoms. The molecule has 0 bridgehead atoms. The molecule has 3 rings (SSSR count). The second kappa shape index (κ2) is 10.4. The minimum Gasteiger partial charge on any atom is -0.377 e. The standard InChI is InChI=1S/C24H24Cl2N4O2/c1-15(16-7-5-4-6-8-16)27-23(31)19-13-17(10-12-22(19)30(2)3)28-24(32)29-18-9-11-20(25)21(26)14-18/h4-15H,1-3H3,(H,27,31)(H2,28,29,32). The van der Waals surface area contributed by atoms with Crippen LogP contribution in [0.4, 0.5) is 21.9 Å². The predicted molar refractivity (Wildman–Crippen MR) is 132 cm³/mol. The molecule has 0 saturated carbocycles. The highest BCUT2D eigenvalue weighted by Crippen LogP contribution is 2.26. The van der Waals surface area contributed by atoms with Crippen LogP contribution in [0.25, 0.3) is 0 Å². The lowest BCUT2D eigenvalue weighted by molar-refractivity contribution is 0.0940. The molecule has 0 heterocycles. The van der Waals surface area contributed by atoms with Crippen LogP contribution in [0.1, 0.15) is 28.9 Å². The second-order valence-corrected chi connectivity index (χ2v) is 8.25. The van der Waals surface area contributed by atoms with E-state index >= 15 is 0 Å². The van der Waals surface area contributed by atoms with Crippen LogP contribution >= 0.6 is 23.2 Å². The molecular weight excluding hydrogens is 447 g/mol. The number of carbonyl (C=O) groups is 2. The van der Waals surface area contributed by atoms with E-state index in [-0.39, 0.29) is 11.9 Å². The predicted octanol–water partition coefficient (Wildman–Crippen LogP) is 6.19. The molecule has 0 aliphatic heterocycles. The van der Waals surface area contributed by atoms with Crippen molar-refractivity contribution < 1.29 is 9.59 Å². The molecule has 0 aromatic heterocycles. The van der Waals surface area contributed by atoms with Gasteiger partial charge in [-0.2, -0.15) is 0 Å². The van der Waals surface area contributed by atoms with Gasteiger partial charge in [0.15, 0.2) is 0 Å². The molecule has 3 amide bonds. The summed E-state index contributed by atoms with van der Waals surface area (Å²) < 4.78 is 0. The number of amides is 3. The lowest BCUT2D eigenvalue weighted by Gasteiger charge is -2.20. The van der Waals surface area contributed by atoms with E-state index in [4.69, 9.17) is 23.2 Å². The molecule has 0 saturated heterocycles. The number of benzene rings is 3. The van der Waals surface area contributed by atoms with Gasteiger partial charge in [-0.05, 0) is 48.9 Å². The molecule has 0 radical (unpaired) electrons. The first-order chi connectivity index (χ1) is 15.2. The smallest absolute Gasteiger partial charge is 0.323 e. The molecule has 8 heteroatoms. The van der Waals surface area contributed by atoms with Crippen LogP contribution in [-0.4, -0.2) is 26.0 Å². The van der Waals surface area contributed by atoms with Crippen LogP contribution < -0.4 is 20.9 Å². The molecule has 0 fully saturated rings. The maximum absolute atomic E-state index is 13.1. The third-order valence-corrected chi connectivity index (χ3v) is 5.54. The van der Waals surface area contributed by atoms with Crippen molar-refractivity contribution in [2.45, 2.75) is 13.0 Å².